The van der Waals surface area contributed by atoms with Crippen LogP contribution in [0.2, 0.25) is 0 Å². The fourth-order valence-corrected chi connectivity index (χ4v) is 1.16. The van der Waals surface area contributed by atoms with E-state index in [4.69, 9.17) is 0 Å². The Kier molecular flexibility index (Phi) is 3.97. The smallest absolute Gasteiger partial charge is 0.158 e. The van der Waals surface area contributed by atoms with Gasteiger partial charge in [0.15, 0.2) is 5.78 Å². The van der Waals surface area contributed by atoms with Gasteiger partial charge in [0.05, 0.1) is 0 Å². The van der Waals surface area contributed by atoms with Gasteiger partial charge in [-0.05, 0) is 18.4 Å². The number of rotatable bonds is 0. The van der Waals surface area contributed by atoms with Crippen LogP contribution in [0.5, 0.6) is 0 Å². The van der Waals surface area contributed by atoms with Gasteiger partial charge >= 0.3 is 0 Å². The van der Waals surface area contributed by atoms with E-state index in [9.17, 15) is 4.79 Å². The summed E-state index contributed by atoms with van der Waals surface area (Å²) < 4.78 is 0. The minimum Gasteiger partial charge on any atom is -0.295 e. The highest BCUT2D eigenvalue weighted by Crippen LogP contribution is 2.17. The first-order chi connectivity index (χ1) is 6.30. The SMILES string of the molecule is C=C1CCCC1=O.c1ccccc1. The molecule has 1 nitrogen and oxygen atoms in total. The molecule has 2 rings (SSSR count). The standard InChI is InChI=1S/C6H8O.C6H6/c1-5-3-2-4-6(5)7;1-2-4-6-5-3-1/h1-4H2;1-6H. The Hall–Kier alpha value is -1.37. The molecule has 68 valence electrons. The highest BCUT2D eigenvalue weighted by atomic mass is 16.1. The summed E-state index contributed by atoms with van der Waals surface area (Å²) in [5.74, 6) is 0.264. The van der Waals surface area contributed by atoms with Gasteiger partial charge in [0.2, 0.25) is 0 Å². The number of carbonyl (C=O) groups excluding carboxylic acids is 1. The van der Waals surface area contributed by atoms with Gasteiger partial charge < -0.3 is 0 Å². The second kappa shape index (κ2) is 5.31. The van der Waals surface area contributed by atoms with E-state index in [0.29, 0.717) is 0 Å². The van der Waals surface area contributed by atoms with Crippen LogP contribution in [-0.4, -0.2) is 5.78 Å². The molecule has 1 heteroatoms. The van der Waals surface area contributed by atoms with Crippen LogP contribution in [-0.2, 0) is 4.79 Å². The van der Waals surface area contributed by atoms with Crippen molar-refractivity contribution in [1.29, 1.82) is 0 Å². The van der Waals surface area contributed by atoms with Gasteiger partial charge in [0, 0.05) is 6.42 Å². The Balaban J connectivity index is 0.000000132. The molecule has 0 unspecified atom stereocenters. The maximum absolute atomic E-state index is 10.5. The molecule has 0 amide bonds. The van der Waals surface area contributed by atoms with Crippen molar-refractivity contribution in [2.75, 3.05) is 0 Å². The van der Waals surface area contributed by atoms with Crippen molar-refractivity contribution >= 4 is 5.78 Å². The Morgan fingerprint density at radius 1 is 0.923 bits per heavy atom. The minimum atomic E-state index is 0.264. The zero-order chi connectivity index (χ0) is 9.52. The van der Waals surface area contributed by atoms with E-state index in [0.717, 1.165) is 24.8 Å². The highest BCUT2D eigenvalue weighted by molar-refractivity contribution is 5.96. The third-order valence-electron chi connectivity index (χ3n) is 1.94. The molecular weight excluding hydrogens is 160 g/mol. The van der Waals surface area contributed by atoms with Gasteiger partial charge in [-0.1, -0.05) is 43.0 Å². The third kappa shape index (κ3) is 3.70. The number of carbonyl (C=O) groups is 1. The van der Waals surface area contributed by atoms with Crippen molar-refractivity contribution in [1.82, 2.24) is 0 Å². The first-order valence-electron chi connectivity index (χ1n) is 4.51. The van der Waals surface area contributed by atoms with Gasteiger partial charge in [0.25, 0.3) is 0 Å². The molecule has 0 atom stereocenters. The fourth-order valence-electron chi connectivity index (χ4n) is 1.16. The van der Waals surface area contributed by atoms with Crippen LogP contribution in [0.3, 0.4) is 0 Å². The predicted octanol–water partition coefficient (Wildman–Crippen LogP) is 2.98. The number of ketones is 1. The Bertz CT molecular complexity index is 234. The molecule has 0 radical (unpaired) electrons. The fraction of sp³-hybridized carbons (Fsp3) is 0.250. The normalized spacial score (nSPS) is 15.1. The summed E-state index contributed by atoms with van der Waals surface area (Å²) >= 11 is 0. The zero-order valence-corrected chi connectivity index (χ0v) is 7.70. The van der Waals surface area contributed by atoms with Crippen LogP contribution >= 0.6 is 0 Å². The van der Waals surface area contributed by atoms with E-state index >= 15 is 0 Å². The lowest BCUT2D eigenvalue weighted by Crippen LogP contribution is -1.86. The topological polar surface area (TPSA) is 17.1 Å². The maximum atomic E-state index is 10.5. The van der Waals surface area contributed by atoms with E-state index in [1.165, 1.54) is 0 Å². The van der Waals surface area contributed by atoms with Crippen LogP contribution in [0.1, 0.15) is 19.3 Å². The zero-order valence-electron chi connectivity index (χ0n) is 7.70. The molecule has 0 aromatic heterocycles. The molecule has 1 aromatic carbocycles. The average molecular weight is 174 g/mol. The first kappa shape index (κ1) is 9.72. The number of hydrogen-bond donors (Lipinski definition) is 0. The highest BCUT2D eigenvalue weighted by Gasteiger charge is 2.13. The van der Waals surface area contributed by atoms with Crippen molar-refractivity contribution in [2.45, 2.75) is 19.3 Å². The second-order valence-electron chi connectivity index (χ2n) is 3.03. The van der Waals surface area contributed by atoms with Crippen molar-refractivity contribution in [2.24, 2.45) is 0 Å². The summed E-state index contributed by atoms with van der Waals surface area (Å²) in [6.07, 6.45) is 2.69. The molecule has 0 heterocycles. The van der Waals surface area contributed by atoms with Crippen molar-refractivity contribution in [3.63, 3.8) is 0 Å². The van der Waals surface area contributed by atoms with Gasteiger partial charge in [-0.3, -0.25) is 4.79 Å². The van der Waals surface area contributed by atoms with Crippen LogP contribution in [0.25, 0.3) is 0 Å². The van der Waals surface area contributed by atoms with Crippen molar-refractivity contribution in [3.8, 4) is 0 Å². The lowest BCUT2D eigenvalue weighted by molar-refractivity contribution is -0.114. The minimum absolute atomic E-state index is 0.264. The van der Waals surface area contributed by atoms with Gasteiger partial charge in [-0.25, -0.2) is 0 Å². The maximum Gasteiger partial charge on any atom is 0.158 e. The number of allylic oxidation sites excluding steroid dienone is 1. The van der Waals surface area contributed by atoms with E-state index in [1.54, 1.807) is 0 Å². The lowest BCUT2D eigenvalue weighted by atomic mass is 10.2. The van der Waals surface area contributed by atoms with Crippen LogP contribution in [0.4, 0.5) is 0 Å². The monoisotopic (exact) mass is 174 g/mol. The third-order valence-corrected chi connectivity index (χ3v) is 1.94. The quantitative estimate of drug-likeness (QED) is 0.552. The van der Waals surface area contributed by atoms with Gasteiger partial charge in [0.1, 0.15) is 0 Å². The van der Waals surface area contributed by atoms with E-state index < -0.39 is 0 Å². The summed E-state index contributed by atoms with van der Waals surface area (Å²) in [7, 11) is 0. The number of Topliss-reactive ketones (excluding diaryl/α,β-unsaturated/α-hetero) is 1. The average Bonchev–Trinajstić information content (AvgIpc) is 2.55. The molecule has 1 aromatic rings. The van der Waals surface area contributed by atoms with Crippen LogP contribution in [0.15, 0.2) is 48.6 Å². The van der Waals surface area contributed by atoms with E-state index in [2.05, 4.69) is 6.58 Å². The molecule has 0 N–H and O–H groups in total. The predicted molar refractivity (Wildman–Crippen MR) is 54.4 cm³/mol. The Morgan fingerprint density at radius 2 is 1.38 bits per heavy atom. The van der Waals surface area contributed by atoms with Crippen molar-refractivity contribution in [3.05, 3.63) is 48.6 Å². The lowest BCUT2D eigenvalue weighted by Gasteiger charge is -1.80. The molecule has 0 spiro atoms. The van der Waals surface area contributed by atoms with Crippen LogP contribution in [0, 0.1) is 0 Å². The van der Waals surface area contributed by atoms with Crippen LogP contribution < -0.4 is 0 Å². The Morgan fingerprint density at radius 3 is 1.54 bits per heavy atom. The molecule has 1 aliphatic carbocycles. The Labute approximate surface area is 79.1 Å². The van der Waals surface area contributed by atoms with Gasteiger partial charge in [-0.15, -0.1) is 0 Å². The first-order valence-corrected chi connectivity index (χ1v) is 4.51. The summed E-state index contributed by atoms with van der Waals surface area (Å²) in [5, 5.41) is 0. The summed E-state index contributed by atoms with van der Waals surface area (Å²) in [6, 6.07) is 12.0. The largest absolute Gasteiger partial charge is 0.295 e. The molecule has 0 bridgehead atoms. The van der Waals surface area contributed by atoms with Crippen molar-refractivity contribution < 1.29 is 4.79 Å². The summed E-state index contributed by atoms with van der Waals surface area (Å²) in [6.45, 7) is 3.59. The summed E-state index contributed by atoms with van der Waals surface area (Å²) in [5.41, 5.74) is 0.819. The molecule has 0 aliphatic heterocycles. The summed E-state index contributed by atoms with van der Waals surface area (Å²) in [4.78, 5) is 10.5. The van der Waals surface area contributed by atoms with Gasteiger partial charge in [-0.2, -0.15) is 0 Å². The molecule has 1 aliphatic rings. The molecular formula is C12H14O. The molecule has 0 saturated heterocycles. The van der Waals surface area contributed by atoms with E-state index in [1.807, 2.05) is 36.4 Å². The van der Waals surface area contributed by atoms with E-state index in [-0.39, 0.29) is 5.78 Å². The second-order valence-corrected chi connectivity index (χ2v) is 3.03. The number of hydrogen-bond acceptors (Lipinski definition) is 1. The number of benzene rings is 1. The molecule has 13 heavy (non-hydrogen) atoms. The molecule has 1 fully saturated rings. The molecule has 1 saturated carbocycles.